The number of ether oxygens (including phenoxy) is 3. The molecule has 1 aromatic carbocycles. The summed E-state index contributed by atoms with van der Waals surface area (Å²) < 4.78 is 17.4. The molecule has 208 valence electrons. The smallest absolute Gasteiger partial charge is 0.341 e. The minimum Gasteiger partial charge on any atom is -0.497 e. The third-order valence-electron chi connectivity index (χ3n) is 6.23. The van der Waals surface area contributed by atoms with E-state index >= 15 is 0 Å². The van der Waals surface area contributed by atoms with E-state index in [4.69, 9.17) is 14.2 Å². The average Bonchev–Trinajstić information content (AvgIpc) is 3.61. The summed E-state index contributed by atoms with van der Waals surface area (Å²) in [5.41, 5.74) is 1.85. The fourth-order valence-electron chi connectivity index (χ4n) is 4.14. The monoisotopic (exact) mass is 573 g/mol. The normalized spacial score (nSPS) is 12.9. The maximum Gasteiger partial charge on any atom is 0.341 e. The lowest BCUT2D eigenvalue weighted by molar-refractivity contribution is -0.115. The van der Waals surface area contributed by atoms with Gasteiger partial charge in [-0.15, -0.1) is 21.5 Å². The number of nitrogens with one attached hydrogen (secondary N) is 2. The standard InChI is InChI=1S/C26H31N5O6S2/c1-6-37-25(34)21-18-8-7-9-19(18)39-24(21)28-22(32)14(2)38-26-30-29-20(31(26)3)13-27-23(33)15-10-16(35-4)12-17(11-15)36-5/h10-12,14H,6-9,13H2,1-5H3,(H,27,33)(H,28,32). The first-order chi connectivity index (χ1) is 18.7. The molecule has 39 heavy (non-hydrogen) atoms. The van der Waals surface area contributed by atoms with Crippen LogP contribution in [0.4, 0.5) is 5.00 Å². The second-order valence-electron chi connectivity index (χ2n) is 8.77. The van der Waals surface area contributed by atoms with Gasteiger partial charge in [0.25, 0.3) is 5.91 Å². The van der Waals surface area contributed by atoms with Crippen LogP contribution < -0.4 is 20.1 Å². The zero-order valence-electron chi connectivity index (χ0n) is 22.5. The summed E-state index contributed by atoms with van der Waals surface area (Å²) >= 11 is 2.68. The summed E-state index contributed by atoms with van der Waals surface area (Å²) in [5.74, 6) is 0.552. The summed E-state index contributed by atoms with van der Waals surface area (Å²) in [6.07, 6.45) is 2.71. The Morgan fingerprint density at radius 2 is 1.85 bits per heavy atom. The zero-order chi connectivity index (χ0) is 28.1. The highest BCUT2D eigenvalue weighted by molar-refractivity contribution is 8.00. The first kappa shape index (κ1) is 28.4. The van der Waals surface area contributed by atoms with Gasteiger partial charge < -0.3 is 29.4 Å². The maximum absolute atomic E-state index is 13.1. The number of benzene rings is 1. The average molecular weight is 574 g/mol. The molecule has 0 spiro atoms. The summed E-state index contributed by atoms with van der Waals surface area (Å²) in [7, 11) is 4.80. The number of carbonyl (C=O) groups is 3. The van der Waals surface area contributed by atoms with E-state index in [1.54, 1.807) is 43.7 Å². The first-order valence-electron chi connectivity index (χ1n) is 12.4. The van der Waals surface area contributed by atoms with Gasteiger partial charge in [0.15, 0.2) is 11.0 Å². The Hall–Kier alpha value is -3.58. The number of hydrogen-bond donors (Lipinski definition) is 2. The van der Waals surface area contributed by atoms with Crippen LogP contribution in [0.5, 0.6) is 11.5 Å². The summed E-state index contributed by atoms with van der Waals surface area (Å²) in [6.45, 7) is 3.92. The van der Waals surface area contributed by atoms with Crippen molar-refractivity contribution in [2.45, 2.75) is 50.1 Å². The fraction of sp³-hybridized carbons (Fsp3) is 0.423. The first-order valence-corrected chi connectivity index (χ1v) is 14.1. The molecule has 4 rings (SSSR count). The highest BCUT2D eigenvalue weighted by atomic mass is 32.2. The Bertz CT molecular complexity index is 1360. The molecule has 1 aliphatic carbocycles. The number of hydrogen-bond acceptors (Lipinski definition) is 10. The van der Waals surface area contributed by atoms with Crippen LogP contribution in [0.2, 0.25) is 0 Å². The Kier molecular flexibility index (Phi) is 9.12. The van der Waals surface area contributed by atoms with Crippen LogP contribution in [0, 0.1) is 0 Å². The largest absolute Gasteiger partial charge is 0.497 e. The van der Waals surface area contributed by atoms with Crippen molar-refractivity contribution in [3.05, 3.63) is 45.6 Å². The number of amides is 2. The van der Waals surface area contributed by atoms with Crippen molar-refractivity contribution in [1.29, 1.82) is 0 Å². The molecule has 0 fully saturated rings. The van der Waals surface area contributed by atoms with Crippen LogP contribution in [-0.2, 0) is 36.0 Å². The molecule has 1 unspecified atom stereocenters. The van der Waals surface area contributed by atoms with Crippen molar-refractivity contribution in [1.82, 2.24) is 20.1 Å². The van der Waals surface area contributed by atoms with Gasteiger partial charge in [0.05, 0.1) is 38.2 Å². The molecule has 1 aliphatic rings. The number of rotatable bonds is 11. The lowest BCUT2D eigenvalue weighted by atomic mass is 10.1. The van der Waals surface area contributed by atoms with Gasteiger partial charge in [-0.2, -0.15) is 0 Å². The van der Waals surface area contributed by atoms with Crippen LogP contribution in [0.25, 0.3) is 0 Å². The van der Waals surface area contributed by atoms with Crippen molar-refractivity contribution in [3.63, 3.8) is 0 Å². The number of aryl methyl sites for hydroxylation is 1. The second-order valence-corrected chi connectivity index (χ2v) is 11.2. The minimum atomic E-state index is -0.522. The number of methoxy groups -OCH3 is 2. The van der Waals surface area contributed by atoms with E-state index in [0.717, 1.165) is 29.7 Å². The van der Waals surface area contributed by atoms with E-state index in [1.807, 2.05) is 0 Å². The number of anilines is 1. The van der Waals surface area contributed by atoms with Gasteiger partial charge in [-0.3, -0.25) is 9.59 Å². The molecule has 2 heterocycles. The molecule has 0 saturated heterocycles. The summed E-state index contributed by atoms with van der Waals surface area (Å²) in [6, 6.07) is 4.92. The predicted octanol–water partition coefficient (Wildman–Crippen LogP) is 3.61. The number of thioether (sulfide) groups is 1. The molecule has 0 bridgehead atoms. The number of aromatic nitrogens is 3. The Morgan fingerprint density at radius 1 is 1.13 bits per heavy atom. The molecule has 0 saturated carbocycles. The van der Waals surface area contributed by atoms with E-state index in [-0.39, 0.29) is 25.0 Å². The molecule has 3 aromatic rings. The molecule has 2 amide bonds. The van der Waals surface area contributed by atoms with Crippen LogP contribution in [0.15, 0.2) is 23.4 Å². The molecule has 0 aliphatic heterocycles. The van der Waals surface area contributed by atoms with Gasteiger partial charge in [-0.25, -0.2) is 4.79 Å². The van der Waals surface area contributed by atoms with Crippen LogP contribution in [0.1, 0.15) is 57.2 Å². The van der Waals surface area contributed by atoms with E-state index in [1.165, 1.54) is 37.3 Å². The molecule has 0 radical (unpaired) electrons. The molecule has 1 atom stereocenters. The number of carbonyl (C=O) groups excluding carboxylic acids is 3. The maximum atomic E-state index is 13.1. The predicted molar refractivity (Wildman–Crippen MR) is 148 cm³/mol. The summed E-state index contributed by atoms with van der Waals surface area (Å²) in [4.78, 5) is 39.5. The van der Waals surface area contributed by atoms with Crippen LogP contribution >= 0.6 is 23.1 Å². The van der Waals surface area contributed by atoms with Gasteiger partial charge in [-0.05, 0) is 50.8 Å². The number of esters is 1. The van der Waals surface area contributed by atoms with Crippen molar-refractivity contribution in [2.75, 3.05) is 26.1 Å². The minimum absolute atomic E-state index is 0.132. The number of fused-ring (bicyclic) bond motifs is 1. The third-order valence-corrected chi connectivity index (χ3v) is 8.58. The van der Waals surface area contributed by atoms with Crippen molar-refractivity contribution in [2.24, 2.45) is 7.05 Å². The fourth-order valence-corrected chi connectivity index (χ4v) is 6.25. The van der Waals surface area contributed by atoms with Gasteiger partial charge in [0.2, 0.25) is 5.91 Å². The number of thiophene rings is 1. The lowest BCUT2D eigenvalue weighted by Gasteiger charge is -2.12. The molecule has 13 heteroatoms. The van der Waals surface area contributed by atoms with Gasteiger partial charge in [-0.1, -0.05) is 11.8 Å². The zero-order valence-corrected chi connectivity index (χ0v) is 24.1. The topological polar surface area (TPSA) is 134 Å². The van der Waals surface area contributed by atoms with E-state index in [9.17, 15) is 14.4 Å². The lowest BCUT2D eigenvalue weighted by Crippen LogP contribution is -2.25. The van der Waals surface area contributed by atoms with Crippen molar-refractivity contribution >= 4 is 45.9 Å². The third kappa shape index (κ3) is 6.36. The van der Waals surface area contributed by atoms with Gasteiger partial charge in [0.1, 0.15) is 16.5 Å². The molecular weight excluding hydrogens is 542 g/mol. The van der Waals surface area contributed by atoms with E-state index in [0.29, 0.717) is 38.6 Å². The molecular formula is C26H31N5O6S2. The Labute approximate surface area is 234 Å². The second kappa shape index (κ2) is 12.5. The van der Waals surface area contributed by atoms with E-state index < -0.39 is 11.2 Å². The SMILES string of the molecule is CCOC(=O)c1c(NC(=O)C(C)Sc2nnc(CNC(=O)c3cc(OC)cc(OC)c3)n2C)sc2c1CCC2. The molecule has 2 N–H and O–H groups in total. The van der Waals surface area contributed by atoms with Crippen LogP contribution in [-0.4, -0.2) is 58.6 Å². The van der Waals surface area contributed by atoms with Gasteiger partial charge >= 0.3 is 5.97 Å². The molecule has 11 nitrogen and oxygen atoms in total. The quantitative estimate of drug-likeness (QED) is 0.261. The highest BCUT2D eigenvalue weighted by Crippen LogP contribution is 2.40. The van der Waals surface area contributed by atoms with Crippen LogP contribution in [0.3, 0.4) is 0 Å². The Morgan fingerprint density at radius 3 is 2.51 bits per heavy atom. The van der Waals surface area contributed by atoms with Gasteiger partial charge in [0, 0.05) is 23.6 Å². The summed E-state index contributed by atoms with van der Waals surface area (Å²) in [5, 5.41) is 14.6. The van der Waals surface area contributed by atoms with E-state index in [2.05, 4.69) is 20.8 Å². The van der Waals surface area contributed by atoms with Crippen molar-refractivity contribution in [3.8, 4) is 11.5 Å². The van der Waals surface area contributed by atoms with Crippen molar-refractivity contribution < 1.29 is 28.6 Å². The Balaban J connectivity index is 1.39. The highest BCUT2D eigenvalue weighted by Gasteiger charge is 2.29. The molecule has 2 aromatic heterocycles. The number of nitrogens with zero attached hydrogens (tertiary/aromatic N) is 3.